The number of methoxy groups -OCH3 is 1. The Morgan fingerprint density at radius 1 is 1.27 bits per heavy atom. The van der Waals surface area contributed by atoms with Gasteiger partial charge in [-0.15, -0.1) is 0 Å². The summed E-state index contributed by atoms with van der Waals surface area (Å²) in [5.74, 6) is 0.599. The molecule has 7 heteroatoms. The van der Waals surface area contributed by atoms with Crippen LogP contribution in [0.4, 0.5) is 0 Å². The standard InChI is InChI=1S/C15H20N4O3/c1-3-4-5-8-22-11-7-6-10(9-12(11)21-2)13-14(15(16)20)18-19-17-13/h6-7,9H,3-5,8H2,1-2H3,(H2,16,20)(H,17,18,19). The molecule has 1 aromatic heterocycles. The number of hydrogen-bond acceptors (Lipinski definition) is 5. The van der Waals surface area contributed by atoms with Crippen molar-refractivity contribution in [1.29, 1.82) is 0 Å². The van der Waals surface area contributed by atoms with Crippen molar-refractivity contribution >= 4 is 5.91 Å². The van der Waals surface area contributed by atoms with E-state index in [1.54, 1.807) is 25.3 Å². The summed E-state index contributed by atoms with van der Waals surface area (Å²) in [5, 5.41) is 10.1. The largest absolute Gasteiger partial charge is 0.493 e. The Morgan fingerprint density at radius 2 is 2.09 bits per heavy atom. The van der Waals surface area contributed by atoms with Crippen molar-refractivity contribution in [2.45, 2.75) is 26.2 Å². The molecule has 0 saturated heterocycles. The number of H-pyrrole nitrogens is 1. The first-order chi connectivity index (χ1) is 10.7. The van der Waals surface area contributed by atoms with E-state index in [-0.39, 0.29) is 5.69 Å². The number of rotatable bonds is 8. The number of primary amides is 1. The minimum atomic E-state index is -0.636. The lowest BCUT2D eigenvalue weighted by Crippen LogP contribution is -2.12. The van der Waals surface area contributed by atoms with Crippen LogP contribution in [0, 0.1) is 0 Å². The summed E-state index contributed by atoms with van der Waals surface area (Å²) in [7, 11) is 1.57. The van der Waals surface area contributed by atoms with E-state index in [9.17, 15) is 4.79 Å². The molecule has 0 aliphatic rings. The molecule has 118 valence electrons. The van der Waals surface area contributed by atoms with Gasteiger partial charge in [0.25, 0.3) is 5.91 Å². The van der Waals surface area contributed by atoms with Gasteiger partial charge in [-0.3, -0.25) is 4.79 Å². The SMILES string of the molecule is CCCCCOc1ccc(-c2n[nH]nc2C(N)=O)cc1OC. The second-order valence-electron chi connectivity index (χ2n) is 4.81. The Kier molecular flexibility index (Phi) is 5.35. The Hall–Kier alpha value is -2.57. The van der Waals surface area contributed by atoms with Gasteiger partial charge in [0.2, 0.25) is 0 Å². The Labute approximate surface area is 128 Å². The molecule has 0 atom stereocenters. The topological polar surface area (TPSA) is 103 Å². The Balaban J connectivity index is 2.21. The maximum atomic E-state index is 11.3. The van der Waals surface area contributed by atoms with Crippen molar-refractivity contribution in [2.24, 2.45) is 5.73 Å². The van der Waals surface area contributed by atoms with E-state index in [4.69, 9.17) is 15.2 Å². The van der Waals surface area contributed by atoms with Crippen LogP contribution in [-0.4, -0.2) is 35.0 Å². The third kappa shape index (κ3) is 3.55. The number of hydrogen-bond donors (Lipinski definition) is 2. The first-order valence-electron chi connectivity index (χ1n) is 7.19. The van der Waals surface area contributed by atoms with Gasteiger partial charge in [-0.05, 0) is 24.6 Å². The number of aromatic nitrogens is 3. The lowest BCUT2D eigenvalue weighted by molar-refractivity contribution is 0.0996. The maximum absolute atomic E-state index is 11.3. The number of unbranched alkanes of at least 4 members (excludes halogenated alkanes) is 2. The lowest BCUT2D eigenvalue weighted by atomic mass is 10.1. The van der Waals surface area contributed by atoms with Gasteiger partial charge >= 0.3 is 0 Å². The smallest absolute Gasteiger partial charge is 0.271 e. The van der Waals surface area contributed by atoms with Crippen molar-refractivity contribution in [3.05, 3.63) is 23.9 Å². The van der Waals surface area contributed by atoms with Crippen LogP contribution in [0.25, 0.3) is 11.3 Å². The minimum Gasteiger partial charge on any atom is -0.493 e. The van der Waals surface area contributed by atoms with Crippen molar-refractivity contribution in [2.75, 3.05) is 13.7 Å². The highest BCUT2D eigenvalue weighted by molar-refractivity contribution is 5.96. The molecule has 1 amide bonds. The third-order valence-electron chi connectivity index (χ3n) is 3.22. The van der Waals surface area contributed by atoms with Crippen LogP contribution in [0.5, 0.6) is 11.5 Å². The van der Waals surface area contributed by atoms with Crippen molar-refractivity contribution in [3.63, 3.8) is 0 Å². The number of nitrogens with zero attached hydrogens (tertiary/aromatic N) is 2. The number of carbonyl (C=O) groups excluding carboxylic acids is 1. The minimum absolute atomic E-state index is 0.0960. The van der Waals surface area contributed by atoms with Crippen LogP contribution < -0.4 is 15.2 Å². The summed E-state index contributed by atoms with van der Waals surface area (Å²) >= 11 is 0. The average molecular weight is 304 g/mol. The number of carbonyl (C=O) groups is 1. The number of ether oxygens (including phenoxy) is 2. The van der Waals surface area contributed by atoms with E-state index in [1.165, 1.54) is 0 Å². The van der Waals surface area contributed by atoms with Crippen LogP contribution in [0.3, 0.4) is 0 Å². The number of nitrogens with one attached hydrogen (secondary N) is 1. The number of nitrogens with two attached hydrogens (primary N) is 1. The van der Waals surface area contributed by atoms with E-state index in [1.807, 2.05) is 0 Å². The van der Waals surface area contributed by atoms with Gasteiger partial charge in [0, 0.05) is 5.56 Å². The highest BCUT2D eigenvalue weighted by atomic mass is 16.5. The van der Waals surface area contributed by atoms with Crippen LogP contribution in [-0.2, 0) is 0 Å². The summed E-state index contributed by atoms with van der Waals surface area (Å²) < 4.78 is 11.1. The zero-order valence-corrected chi connectivity index (χ0v) is 12.8. The molecule has 2 aromatic rings. The molecule has 22 heavy (non-hydrogen) atoms. The number of benzene rings is 1. The average Bonchev–Trinajstić information content (AvgIpc) is 3.01. The lowest BCUT2D eigenvalue weighted by Gasteiger charge is -2.11. The number of amides is 1. The van der Waals surface area contributed by atoms with Gasteiger partial charge in [-0.25, -0.2) is 0 Å². The second kappa shape index (κ2) is 7.44. The molecule has 7 nitrogen and oxygen atoms in total. The summed E-state index contributed by atoms with van der Waals surface area (Å²) in [6, 6.07) is 5.33. The predicted octanol–water partition coefficient (Wildman–Crippen LogP) is 2.15. The summed E-state index contributed by atoms with van der Waals surface area (Å²) in [4.78, 5) is 11.3. The van der Waals surface area contributed by atoms with E-state index in [2.05, 4.69) is 22.3 Å². The van der Waals surface area contributed by atoms with Gasteiger partial charge < -0.3 is 15.2 Å². The number of aromatic amines is 1. The van der Waals surface area contributed by atoms with E-state index >= 15 is 0 Å². The fraction of sp³-hybridized carbons (Fsp3) is 0.400. The summed E-state index contributed by atoms with van der Waals surface area (Å²) in [6.07, 6.45) is 3.26. The Bertz CT molecular complexity index is 639. The van der Waals surface area contributed by atoms with Crippen LogP contribution >= 0.6 is 0 Å². The van der Waals surface area contributed by atoms with Gasteiger partial charge in [0.15, 0.2) is 17.2 Å². The summed E-state index contributed by atoms with van der Waals surface area (Å²) in [5.41, 5.74) is 6.44. The van der Waals surface area contributed by atoms with Crippen molar-refractivity contribution < 1.29 is 14.3 Å². The highest BCUT2D eigenvalue weighted by Crippen LogP contribution is 2.32. The molecule has 0 aliphatic heterocycles. The Morgan fingerprint density at radius 3 is 2.77 bits per heavy atom. The van der Waals surface area contributed by atoms with E-state index < -0.39 is 5.91 Å². The quantitative estimate of drug-likeness (QED) is 0.727. The van der Waals surface area contributed by atoms with E-state index in [0.717, 1.165) is 19.3 Å². The first kappa shape index (κ1) is 15.8. The monoisotopic (exact) mass is 304 g/mol. The van der Waals surface area contributed by atoms with Gasteiger partial charge in [0.05, 0.1) is 13.7 Å². The zero-order valence-electron chi connectivity index (χ0n) is 12.8. The molecule has 0 spiro atoms. The second-order valence-corrected chi connectivity index (χ2v) is 4.81. The van der Waals surface area contributed by atoms with E-state index in [0.29, 0.717) is 29.4 Å². The molecule has 0 saturated carbocycles. The fourth-order valence-corrected chi connectivity index (χ4v) is 2.07. The molecule has 1 aromatic carbocycles. The van der Waals surface area contributed by atoms with Gasteiger partial charge in [-0.2, -0.15) is 15.4 Å². The van der Waals surface area contributed by atoms with Crippen LogP contribution in [0.2, 0.25) is 0 Å². The fourth-order valence-electron chi connectivity index (χ4n) is 2.07. The van der Waals surface area contributed by atoms with Crippen LogP contribution in [0.1, 0.15) is 36.7 Å². The summed E-state index contributed by atoms with van der Waals surface area (Å²) in [6.45, 7) is 2.78. The molecular weight excluding hydrogens is 284 g/mol. The first-order valence-corrected chi connectivity index (χ1v) is 7.19. The molecule has 0 aliphatic carbocycles. The maximum Gasteiger partial charge on any atom is 0.271 e. The molecule has 1 heterocycles. The zero-order chi connectivity index (χ0) is 15.9. The molecular formula is C15H20N4O3. The third-order valence-corrected chi connectivity index (χ3v) is 3.22. The van der Waals surface area contributed by atoms with Crippen LogP contribution in [0.15, 0.2) is 18.2 Å². The van der Waals surface area contributed by atoms with Crippen molar-refractivity contribution in [3.8, 4) is 22.8 Å². The molecule has 3 N–H and O–H groups in total. The molecule has 0 radical (unpaired) electrons. The molecule has 0 unspecified atom stereocenters. The molecule has 0 bridgehead atoms. The van der Waals surface area contributed by atoms with Crippen molar-refractivity contribution in [1.82, 2.24) is 15.4 Å². The highest BCUT2D eigenvalue weighted by Gasteiger charge is 2.17. The van der Waals surface area contributed by atoms with Gasteiger partial charge in [-0.1, -0.05) is 19.8 Å². The molecule has 0 fully saturated rings. The predicted molar refractivity (Wildman–Crippen MR) is 81.9 cm³/mol. The van der Waals surface area contributed by atoms with Gasteiger partial charge in [0.1, 0.15) is 5.69 Å². The molecule has 2 rings (SSSR count). The normalized spacial score (nSPS) is 10.5.